The molecule has 7 nitrogen and oxygen atoms in total. The molecular formula is C12H16N4O3S. The highest BCUT2D eigenvalue weighted by molar-refractivity contribution is 7.89. The van der Waals surface area contributed by atoms with Gasteiger partial charge in [-0.3, -0.25) is 4.79 Å². The Morgan fingerprint density at radius 2 is 2.10 bits per heavy atom. The molecule has 0 saturated heterocycles. The van der Waals surface area contributed by atoms with E-state index in [9.17, 15) is 13.2 Å². The van der Waals surface area contributed by atoms with Crippen molar-refractivity contribution in [2.24, 2.45) is 0 Å². The van der Waals surface area contributed by atoms with Crippen LogP contribution in [-0.4, -0.2) is 38.7 Å². The van der Waals surface area contributed by atoms with Crippen LogP contribution in [0.3, 0.4) is 0 Å². The van der Waals surface area contributed by atoms with Crippen LogP contribution in [0.1, 0.15) is 10.5 Å². The van der Waals surface area contributed by atoms with E-state index in [-0.39, 0.29) is 18.2 Å². The summed E-state index contributed by atoms with van der Waals surface area (Å²) >= 11 is 0. The number of nitrogen functional groups attached to an aromatic ring is 1. The Hall–Kier alpha value is -2.06. The number of amides is 1. The van der Waals surface area contributed by atoms with Crippen LogP contribution in [0.25, 0.3) is 10.9 Å². The monoisotopic (exact) mass is 296 g/mol. The zero-order valence-corrected chi connectivity index (χ0v) is 11.8. The second-order valence-electron chi connectivity index (χ2n) is 4.31. The van der Waals surface area contributed by atoms with Gasteiger partial charge >= 0.3 is 0 Å². The second kappa shape index (κ2) is 5.51. The summed E-state index contributed by atoms with van der Waals surface area (Å²) < 4.78 is 24.6. The summed E-state index contributed by atoms with van der Waals surface area (Å²) in [6.45, 7) is 0.0412. The molecule has 0 aliphatic rings. The molecule has 1 heterocycles. The number of carbonyl (C=O) groups is 1. The third kappa shape index (κ3) is 3.28. The molecule has 2 rings (SSSR count). The quantitative estimate of drug-likeness (QED) is 0.582. The van der Waals surface area contributed by atoms with Gasteiger partial charge < -0.3 is 16.0 Å². The number of sulfonamides is 1. The molecule has 0 unspecified atom stereocenters. The van der Waals surface area contributed by atoms with Gasteiger partial charge in [-0.2, -0.15) is 0 Å². The summed E-state index contributed by atoms with van der Waals surface area (Å²) in [4.78, 5) is 14.8. The fraction of sp³-hybridized carbons (Fsp3) is 0.250. The highest BCUT2D eigenvalue weighted by Crippen LogP contribution is 2.18. The van der Waals surface area contributed by atoms with Crippen molar-refractivity contribution >= 4 is 32.5 Å². The zero-order valence-electron chi connectivity index (χ0n) is 10.9. The number of aromatic amines is 1. The van der Waals surface area contributed by atoms with Gasteiger partial charge in [-0.25, -0.2) is 13.1 Å². The maximum absolute atomic E-state index is 11.9. The van der Waals surface area contributed by atoms with Crippen LogP contribution < -0.4 is 15.8 Å². The van der Waals surface area contributed by atoms with E-state index in [1.807, 2.05) is 0 Å². The summed E-state index contributed by atoms with van der Waals surface area (Å²) in [5.41, 5.74) is 7.45. The Labute approximate surface area is 116 Å². The lowest BCUT2D eigenvalue weighted by atomic mass is 10.2. The number of benzene rings is 1. The van der Waals surface area contributed by atoms with Crippen molar-refractivity contribution in [3.63, 3.8) is 0 Å². The van der Waals surface area contributed by atoms with E-state index < -0.39 is 10.0 Å². The molecule has 1 aromatic heterocycles. The molecule has 0 aliphatic heterocycles. The van der Waals surface area contributed by atoms with Crippen molar-refractivity contribution in [2.45, 2.75) is 0 Å². The van der Waals surface area contributed by atoms with Crippen molar-refractivity contribution in [3.05, 3.63) is 30.0 Å². The summed E-state index contributed by atoms with van der Waals surface area (Å²) in [6.07, 6.45) is 0. The van der Waals surface area contributed by atoms with Gasteiger partial charge in [0.1, 0.15) is 5.69 Å². The number of hydrogen-bond donors (Lipinski definition) is 4. The Kier molecular flexibility index (Phi) is 3.96. The first-order valence-electron chi connectivity index (χ1n) is 5.99. The molecule has 1 amide bonds. The first-order valence-corrected chi connectivity index (χ1v) is 7.64. The molecule has 8 heteroatoms. The first kappa shape index (κ1) is 14.4. The number of fused-ring (bicyclic) bond motifs is 1. The SMILES string of the molecule is CNS(=O)(=O)CCNC(=O)c1cc2cc(N)ccc2[nH]1. The van der Waals surface area contributed by atoms with Crippen molar-refractivity contribution < 1.29 is 13.2 Å². The molecule has 0 atom stereocenters. The molecule has 108 valence electrons. The number of nitrogens with two attached hydrogens (primary N) is 1. The van der Waals surface area contributed by atoms with Crippen molar-refractivity contribution in [3.8, 4) is 0 Å². The van der Waals surface area contributed by atoms with Crippen LogP contribution in [0.4, 0.5) is 5.69 Å². The lowest BCUT2D eigenvalue weighted by Gasteiger charge is -2.04. The molecule has 0 spiro atoms. The Morgan fingerprint density at radius 3 is 2.80 bits per heavy atom. The molecule has 5 N–H and O–H groups in total. The van der Waals surface area contributed by atoms with Crippen molar-refractivity contribution in [1.82, 2.24) is 15.0 Å². The van der Waals surface area contributed by atoms with Crippen LogP contribution >= 0.6 is 0 Å². The maximum Gasteiger partial charge on any atom is 0.267 e. The van der Waals surface area contributed by atoms with E-state index in [2.05, 4.69) is 15.0 Å². The number of H-pyrrole nitrogens is 1. The molecule has 0 fully saturated rings. The van der Waals surface area contributed by atoms with E-state index in [1.165, 1.54) is 7.05 Å². The Morgan fingerprint density at radius 1 is 1.35 bits per heavy atom. The standard InChI is InChI=1S/C12H16N4O3S/c1-14-20(18,19)5-4-15-12(17)11-7-8-6-9(13)2-3-10(8)16-11/h2-3,6-7,14,16H,4-5,13H2,1H3,(H,15,17). The van der Waals surface area contributed by atoms with Gasteiger partial charge in [0, 0.05) is 23.1 Å². The molecule has 1 aromatic carbocycles. The maximum atomic E-state index is 11.9. The highest BCUT2D eigenvalue weighted by atomic mass is 32.2. The molecule has 0 saturated carbocycles. The lowest BCUT2D eigenvalue weighted by Crippen LogP contribution is -2.33. The number of rotatable bonds is 5. The largest absolute Gasteiger partial charge is 0.399 e. The number of anilines is 1. The average Bonchev–Trinajstić information content (AvgIpc) is 2.81. The molecular weight excluding hydrogens is 280 g/mol. The lowest BCUT2D eigenvalue weighted by molar-refractivity contribution is 0.0952. The summed E-state index contributed by atoms with van der Waals surface area (Å²) in [6, 6.07) is 6.95. The van der Waals surface area contributed by atoms with E-state index in [4.69, 9.17) is 5.73 Å². The van der Waals surface area contributed by atoms with Gasteiger partial charge in [0.2, 0.25) is 10.0 Å². The number of hydrogen-bond acceptors (Lipinski definition) is 4. The fourth-order valence-corrected chi connectivity index (χ4v) is 2.34. The number of nitrogens with one attached hydrogen (secondary N) is 3. The summed E-state index contributed by atoms with van der Waals surface area (Å²) in [5.74, 6) is -0.520. The van der Waals surface area contributed by atoms with Gasteiger partial charge in [-0.15, -0.1) is 0 Å². The minimum Gasteiger partial charge on any atom is -0.399 e. The van der Waals surface area contributed by atoms with E-state index in [1.54, 1.807) is 24.3 Å². The van der Waals surface area contributed by atoms with Crippen LogP contribution in [0, 0.1) is 0 Å². The first-order chi connectivity index (χ1) is 9.41. The third-order valence-corrected chi connectivity index (χ3v) is 4.22. The highest BCUT2D eigenvalue weighted by Gasteiger charge is 2.11. The normalized spacial score (nSPS) is 11.7. The second-order valence-corrected chi connectivity index (χ2v) is 6.35. The average molecular weight is 296 g/mol. The zero-order chi connectivity index (χ0) is 14.8. The van der Waals surface area contributed by atoms with Gasteiger partial charge in [-0.1, -0.05) is 0 Å². The Balaban J connectivity index is 2.04. The van der Waals surface area contributed by atoms with Gasteiger partial charge in [0.15, 0.2) is 0 Å². The van der Waals surface area contributed by atoms with Crippen LogP contribution in [0.5, 0.6) is 0 Å². The minimum atomic E-state index is -3.32. The van der Waals surface area contributed by atoms with E-state index in [0.717, 1.165) is 10.9 Å². The summed E-state index contributed by atoms with van der Waals surface area (Å²) in [7, 11) is -1.99. The predicted octanol–water partition coefficient (Wildman–Crippen LogP) is 0.0291. The number of aromatic nitrogens is 1. The van der Waals surface area contributed by atoms with E-state index in [0.29, 0.717) is 11.4 Å². The van der Waals surface area contributed by atoms with Gasteiger partial charge in [0.25, 0.3) is 5.91 Å². The molecule has 0 radical (unpaired) electrons. The summed E-state index contributed by atoms with van der Waals surface area (Å²) in [5, 5.41) is 3.38. The molecule has 0 aliphatic carbocycles. The van der Waals surface area contributed by atoms with Crippen LogP contribution in [0.2, 0.25) is 0 Å². The minimum absolute atomic E-state index is 0.0412. The van der Waals surface area contributed by atoms with Crippen molar-refractivity contribution in [1.29, 1.82) is 0 Å². The molecule has 20 heavy (non-hydrogen) atoms. The van der Waals surface area contributed by atoms with Crippen LogP contribution in [0.15, 0.2) is 24.3 Å². The van der Waals surface area contributed by atoms with E-state index >= 15 is 0 Å². The van der Waals surface area contributed by atoms with Gasteiger partial charge in [-0.05, 0) is 31.3 Å². The Bertz CT molecular complexity index is 736. The molecule has 2 aromatic rings. The van der Waals surface area contributed by atoms with Crippen molar-refractivity contribution in [2.75, 3.05) is 25.1 Å². The van der Waals surface area contributed by atoms with Gasteiger partial charge in [0.05, 0.1) is 5.75 Å². The predicted molar refractivity (Wildman–Crippen MR) is 77.9 cm³/mol. The molecule has 0 bridgehead atoms. The smallest absolute Gasteiger partial charge is 0.267 e. The topological polar surface area (TPSA) is 117 Å². The fourth-order valence-electron chi connectivity index (χ4n) is 1.77. The third-order valence-electron chi connectivity index (χ3n) is 2.86. The number of carbonyl (C=O) groups excluding carboxylic acids is 1. The van der Waals surface area contributed by atoms with Crippen LogP contribution in [-0.2, 0) is 10.0 Å².